The van der Waals surface area contributed by atoms with Gasteiger partial charge in [-0.2, -0.15) is 0 Å². The molecule has 1 aliphatic heterocycles. The minimum Gasteiger partial charge on any atom is -0.344 e. The van der Waals surface area contributed by atoms with Crippen LogP contribution in [0.1, 0.15) is 34.8 Å². The maximum Gasteiger partial charge on any atom is 0.237 e. The van der Waals surface area contributed by atoms with Crippen LogP contribution in [0.3, 0.4) is 0 Å². The number of halogens is 3. The number of carbonyl (C=O) groups excluding carboxylic acids is 2. The summed E-state index contributed by atoms with van der Waals surface area (Å²) in [6.45, 7) is 0.389. The highest BCUT2D eigenvalue weighted by Gasteiger charge is 2.45. The van der Waals surface area contributed by atoms with E-state index in [-0.39, 0.29) is 11.8 Å². The molecule has 8 heteroatoms. The van der Waals surface area contributed by atoms with Gasteiger partial charge in [0, 0.05) is 24.4 Å². The highest BCUT2D eigenvalue weighted by Crippen LogP contribution is 2.41. The first-order valence-electron chi connectivity index (χ1n) is 9.17. The van der Waals surface area contributed by atoms with Crippen LogP contribution in [0.4, 0.5) is 18.9 Å². The number of likely N-dealkylation sites (tertiary alicyclic amines) is 1. The molecule has 2 amide bonds. The number of rotatable bonds is 3. The van der Waals surface area contributed by atoms with E-state index in [0.29, 0.717) is 6.54 Å². The molecule has 2 aliphatic rings. The van der Waals surface area contributed by atoms with Gasteiger partial charge in [0.15, 0.2) is 17.5 Å². The van der Waals surface area contributed by atoms with Gasteiger partial charge < -0.3 is 10.2 Å². The summed E-state index contributed by atoms with van der Waals surface area (Å²) in [5, 5.41) is 4.30. The second-order valence-corrected chi connectivity index (χ2v) is 8.28. The topological polar surface area (TPSA) is 49.4 Å². The maximum atomic E-state index is 14.0. The van der Waals surface area contributed by atoms with Gasteiger partial charge in [0.2, 0.25) is 11.8 Å². The van der Waals surface area contributed by atoms with E-state index in [1.807, 2.05) is 5.38 Å². The van der Waals surface area contributed by atoms with E-state index in [2.05, 4.69) is 5.32 Å². The number of hydrogen-bond acceptors (Lipinski definition) is 3. The summed E-state index contributed by atoms with van der Waals surface area (Å²) in [5.74, 6) is -6.91. The molecule has 4 rings (SSSR count). The van der Waals surface area contributed by atoms with Crippen LogP contribution in [0.2, 0.25) is 0 Å². The van der Waals surface area contributed by atoms with Gasteiger partial charge >= 0.3 is 0 Å². The number of thiophene rings is 1. The number of hydrogen-bond donors (Lipinski definition) is 1. The number of carbonyl (C=O) groups is 2. The van der Waals surface area contributed by atoms with Gasteiger partial charge in [0.1, 0.15) is 5.92 Å². The molecule has 2 aromatic rings. The van der Waals surface area contributed by atoms with Gasteiger partial charge in [-0.05, 0) is 54.3 Å². The van der Waals surface area contributed by atoms with Crippen molar-refractivity contribution < 1.29 is 22.8 Å². The van der Waals surface area contributed by atoms with Gasteiger partial charge in [0.05, 0.1) is 5.69 Å². The van der Waals surface area contributed by atoms with Gasteiger partial charge in [0.25, 0.3) is 0 Å². The van der Waals surface area contributed by atoms with E-state index >= 15 is 0 Å². The van der Waals surface area contributed by atoms with Crippen molar-refractivity contribution in [3.05, 3.63) is 51.0 Å². The summed E-state index contributed by atoms with van der Waals surface area (Å²) < 4.78 is 40.6. The fourth-order valence-corrected chi connectivity index (χ4v) is 5.35. The molecule has 0 radical (unpaired) electrons. The molecule has 1 aromatic carbocycles. The summed E-state index contributed by atoms with van der Waals surface area (Å²) in [7, 11) is 1.62. The van der Waals surface area contributed by atoms with E-state index in [0.717, 1.165) is 43.4 Å². The lowest BCUT2D eigenvalue weighted by molar-refractivity contribution is -0.135. The van der Waals surface area contributed by atoms with Crippen molar-refractivity contribution in [3.8, 4) is 0 Å². The molecule has 4 nitrogen and oxygen atoms in total. The second kappa shape index (κ2) is 7.24. The largest absolute Gasteiger partial charge is 0.344 e. The van der Waals surface area contributed by atoms with Crippen LogP contribution in [-0.4, -0.2) is 30.3 Å². The average molecular weight is 408 g/mol. The molecule has 1 N–H and O–H groups in total. The average Bonchev–Trinajstić information content (AvgIpc) is 3.23. The van der Waals surface area contributed by atoms with Crippen LogP contribution in [0.15, 0.2) is 17.5 Å². The van der Waals surface area contributed by atoms with E-state index in [9.17, 15) is 22.8 Å². The summed E-state index contributed by atoms with van der Waals surface area (Å²) in [5.41, 5.74) is 1.75. The predicted octanol–water partition coefficient (Wildman–Crippen LogP) is 3.85. The van der Waals surface area contributed by atoms with Crippen LogP contribution >= 0.6 is 11.3 Å². The van der Waals surface area contributed by atoms with E-state index in [1.54, 1.807) is 18.4 Å². The SMILES string of the molecule is CN1C[C@H](c2csc3c2CCCC3)[C@@H](C(=O)Nc2ccc(F)c(F)c2F)C1=O. The number of anilines is 1. The number of nitrogens with one attached hydrogen (secondary N) is 1. The zero-order valence-electron chi connectivity index (χ0n) is 15.2. The number of fused-ring (bicyclic) bond motifs is 1. The third-order valence-electron chi connectivity index (χ3n) is 5.58. The molecule has 1 fully saturated rings. The van der Waals surface area contributed by atoms with Crippen molar-refractivity contribution in [2.24, 2.45) is 5.92 Å². The first-order chi connectivity index (χ1) is 13.4. The lowest BCUT2D eigenvalue weighted by Gasteiger charge is -2.20. The lowest BCUT2D eigenvalue weighted by Crippen LogP contribution is -2.33. The molecule has 0 saturated carbocycles. The zero-order chi connectivity index (χ0) is 20.0. The van der Waals surface area contributed by atoms with Crippen LogP contribution < -0.4 is 5.32 Å². The van der Waals surface area contributed by atoms with Crippen LogP contribution in [0.5, 0.6) is 0 Å². The molecule has 1 aromatic heterocycles. The van der Waals surface area contributed by atoms with Crippen molar-refractivity contribution in [2.75, 3.05) is 18.9 Å². The zero-order valence-corrected chi connectivity index (χ0v) is 16.0. The standard InChI is InChI=1S/C20H19F3N2O2S/c1-25-8-11(12-9-28-15-5-3-2-4-10(12)15)16(20(25)27)19(26)24-14-7-6-13(21)17(22)18(14)23/h6-7,9,11,16H,2-5,8H2,1H3,(H,24,26)/t11-,16+/m1/s1. The van der Waals surface area contributed by atoms with E-state index < -0.39 is 35.0 Å². The lowest BCUT2D eigenvalue weighted by atomic mass is 9.84. The quantitative estimate of drug-likeness (QED) is 0.620. The molecular formula is C20H19F3N2O2S. The monoisotopic (exact) mass is 408 g/mol. The van der Waals surface area contributed by atoms with Crippen LogP contribution in [0, 0.1) is 23.4 Å². The number of benzene rings is 1. The van der Waals surface area contributed by atoms with Crippen LogP contribution in [-0.2, 0) is 22.4 Å². The van der Waals surface area contributed by atoms with Crippen molar-refractivity contribution in [2.45, 2.75) is 31.6 Å². The predicted molar refractivity (Wildman–Crippen MR) is 99.8 cm³/mol. The molecule has 2 heterocycles. The first-order valence-corrected chi connectivity index (χ1v) is 10.0. The Labute approximate surface area is 164 Å². The van der Waals surface area contributed by atoms with Crippen LogP contribution in [0.25, 0.3) is 0 Å². The Bertz CT molecular complexity index is 959. The Morgan fingerprint density at radius 1 is 1.18 bits per heavy atom. The molecule has 0 spiro atoms. The summed E-state index contributed by atoms with van der Waals surface area (Å²) in [4.78, 5) is 28.3. The van der Waals surface area contributed by atoms with E-state index in [4.69, 9.17) is 0 Å². The Balaban J connectivity index is 1.64. The fraction of sp³-hybridized carbons (Fsp3) is 0.400. The number of nitrogens with zero attached hydrogens (tertiary/aromatic N) is 1. The third-order valence-corrected chi connectivity index (χ3v) is 6.69. The Hall–Kier alpha value is -2.35. The summed E-state index contributed by atoms with van der Waals surface area (Å²) >= 11 is 1.65. The molecule has 1 aliphatic carbocycles. The Morgan fingerprint density at radius 3 is 2.71 bits per heavy atom. The number of amides is 2. The molecule has 1 saturated heterocycles. The Kier molecular flexibility index (Phi) is 4.91. The van der Waals surface area contributed by atoms with Crippen molar-refractivity contribution in [1.82, 2.24) is 4.90 Å². The van der Waals surface area contributed by atoms with Crippen molar-refractivity contribution in [1.29, 1.82) is 0 Å². The van der Waals surface area contributed by atoms with Gasteiger partial charge in [-0.3, -0.25) is 9.59 Å². The third kappa shape index (κ3) is 3.09. The molecule has 28 heavy (non-hydrogen) atoms. The summed E-state index contributed by atoms with van der Waals surface area (Å²) in [6.07, 6.45) is 4.14. The van der Waals surface area contributed by atoms with E-state index in [1.165, 1.54) is 15.3 Å². The molecule has 0 unspecified atom stereocenters. The first kappa shape index (κ1) is 19.0. The minimum atomic E-state index is -1.66. The normalized spacial score (nSPS) is 21.7. The van der Waals surface area contributed by atoms with Crippen molar-refractivity contribution in [3.63, 3.8) is 0 Å². The van der Waals surface area contributed by atoms with Gasteiger partial charge in [-0.15, -0.1) is 11.3 Å². The molecule has 148 valence electrons. The van der Waals surface area contributed by atoms with Gasteiger partial charge in [-0.25, -0.2) is 13.2 Å². The van der Waals surface area contributed by atoms with Gasteiger partial charge in [-0.1, -0.05) is 0 Å². The highest BCUT2D eigenvalue weighted by molar-refractivity contribution is 7.10. The van der Waals surface area contributed by atoms with Crippen molar-refractivity contribution >= 4 is 28.8 Å². The Morgan fingerprint density at radius 2 is 1.93 bits per heavy atom. The highest BCUT2D eigenvalue weighted by atomic mass is 32.1. The number of aryl methyl sites for hydroxylation is 1. The molecular weight excluding hydrogens is 389 g/mol. The molecule has 2 atom stereocenters. The maximum absolute atomic E-state index is 14.0. The smallest absolute Gasteiger partial charge is 0.237 e. The second-order valence-electron chi connectivity index (χ2n) is 7.31. The fourth-order valence-electron chi connectivity index (χ4n) is 4.14. The number of likely N-dealkylation sites (N-methyl/N-ethyl adjacent to an activating group) is 1. The minimum absolute atomic E-state index is 0.344. The summed E-state index contributed by atoms with van der Waals surface area (Å²) in [6, 6.07) is 1.69. The molecule has 0 bridgehead atoms.